The highest BCUT2D eigenvalue weighted by molar-refractivity contribution is 7.89. The van der Waals surface area contributed by atoms with Crippen molar-refractivity contribution in [2.24, 2.45) is 0 Å². The highest BCUT2D eigenvalue weighted by Crippen LogP contribution is 2.31. The molecule has 1 saturated heterocycles. The first-order valence-corrected chi connectivity index (χ1v) is 8.97. The largest absolute Gasteiger partial charge is 0.368 e. The molecular formula is C16H20N2O4S. The summed E-state index contributed by atoms with van der Waals surface area (Å²) < 4.78 is 38.4. The van der Waals surface area contributed by atoms with Crippen molar-refractivity contribution in [3.63, 3.8) is 0 Å². The normalized spacial score (nSPS) is 23.1. The second kappa shape index (κ2) is 6.07. The number of aryl methyl sites for hydroxylation is 2. The Labute approximate surface area is 136 Å². The molecule has 0 amide bonds. The van der Waals surface area contributed by atoms with Gasteiger partial charge in [-0.15, -0.1) is 0 Å². The standard InChI is InChI=1S/C16H20N2O4S/c1-11-9-18(10-15(21-11)14-7-5-4-6-8-14)23(19,20)16-12(2)17-22-13(16)3/h4-8,11,15H,9-10H2,1-3H3/t11-,15+/m1/s1. The van der Waals surface area contributed by atoms with Crippen molar-refractivity contribution in [2.45, 2.75) is 37.9 Å². The van der Waals surface area contributed by atoms with Crippen LogP contribution < -0.4 is 0 Å². The lowest BCUT2D eigenvalue weighted by molar-refractivity contribution is -0.0557. The zero-order valence-electron chi connectivity index (χ0n) is 13.4. The molecule has 2 heterocycles. The van der Waals surface area contributed by atoms with Crippen LogP contribution in [-0.4, -0.2) is 37.1 Å². The molecule has 1 aromatic carbocycles. The van der Waals surface area contributed by atoms with Crippen LogP contribution in [0.1, 0.15) is 30.0 Å². The van der Waals surface area contributed by atoms with Gasteiger partial charge in [-0.1, -0.05) is 35.5 Å². The fraction of sp³-hybridized carbons (Fsp3) is 0.438. The molecule has 0 aliphatic carbocycles. The summed E-state index contributed by atoms with van der Waals surface area (Å²) in [5.41, 5.74) is 1.36. The Morgan fingerprint density at radius 1 is 1.17 bits per heavy atom. The maximum atomic E-state index is 13.0. The summed E-state index contributed by atoms with van der Waals surface area (Å²) in [7, 11) is -3.66. The summed E-state index contributed by atoms with van der Waals surface area (Å²) >= 11 is 0. The summed E-state index contributed by atoms with van der Waals surface area (Å²) in [5, 5.41) is 3.76. The number of ether oxygens (including phenoxy) is 1. The van der Waals surface area contributed by atoms with E-state index in [9.17, 15) is 8.42 Å². The van der Waals surface area contributed by atoms with Crippen molar-refractivity contribution in [1.82, 2.24) is 9.46 Å². The third kappa shape index (κ3) is 3.04. The number of rotatable bonds is 3. The molecule has 2 atom stereocenters. The van der Waals surface area contributed by atoms with Gasteiger partial charge in [-0.2, -0.15) is 4.31 Å². The second-order valence-corrected chi connectivity index (χ2v) is 7.70. The number of aromatic nitrogens is 1. The highest BCUT2D eigenvalue weighted by atomic mass is 32.2. The first-order valence-electron chi connectivity index (χ1n) is 7.53. The van der Waals surface area contributed by atoms with Gasteiger partial charge in [0.05, 0.1) is 12.2 Å². The molecule has 0 saturated carbocycles. The van der Waals surface area contributed by atoms with Gasteiger partial charge in [0.1, 0.15) is 10.6 Å². The zero-order chi connectivity index (χ0) is 16.6. The lowest BCUT2D eigenvalue weighted by Gasteiger charge is -2.36. The monoisotopic (exact) mass is 336 g/mol. The quantitative estimate of drug-likeness (QED) is 0.861. The van der Waals surface area contributed by atoms with Gasteiger partial charge in [-0.05, 0) is 26.3 Å². The van der Waals surface area contributed by atoms with Gasteiger partial charge in [0.15, 0.2) is 5.76 Å². The molecule has 3 rings (SSSR count). The summed E-state index contributed by atoms with van der Waals surface area (Å²) in [4.78, 5) is 0.165. The van der Waals surface area contributed by atoms with Crippen LogP contribution in [-0.2, 0) is 14.8 Å². The predicted molar refractivity (Wildman–Crippen MR) is 84.5 cm³/mol. The molecular weight excluding hydrogens is 316 g/mol. The molecule has 0 N–H and O–H groups in total. The van der Waals surface area contributed by atoms with Crippen molar-refractivity contribution >= 4 is 10.0 Å². The van der Waals surface area contributed by atoms with Crippen molar-refractivity contribution < 1.29 is 17.7 Å². The molecule has 1 aliphatic heterocycles. The van der Waals surface area contributed by atoms with E-state index in [1.54, 1.807) is 13.8 Å². The van der Waals surface area contributed by atoms with Gasteiger partial charge in [0.25, 0.3) is 0 Å². The summed E-state index contributed by atoms with van der Waals surface area (Å²) in [5.74, 6) is 0.318. The number of nitrogens with zero attached hydrogens (tertiary/aromatic N) is 2. The Kier molecular flexibility index (Phi) is 4.27. The number of benzene rings is 1. The first-order chi connectivity index (χ1) is 10.9. The minimum absolute atomic E-state index is 0.165. The van der Waals surface area contributed by atoms with Crippen LogP contribution in [0.25, 0.3) is 0 Å². The Bertz CT molecular complexity index is 766. The van der Waals surface area contributed by atoms with Crippen LogP contribution in [0.5, 0.6) is 0 Å². The van der Waals surface area contributed by atoms with Crippen molar-refractivity contribution in [1.29, 1.82) is 0 Å². The lowest BCUT2D eigenvalue weighted by atomic mass is 10.1. The summed E-state index contributed by atoms with van der Waals surface area (Å²) in [6.45, 7) is 5.73. The van der Waals surface area contributed by atoms with Crippen LogP contribution in [0.4, 0.5) is 0 Å². The summed E-state index contributed by atoms with van der Waals surface area (Å²) in [6.07, 6.45) is -0.473. The minimum Gasteiger partial charge on any atom is -0.368 e. The second-order valence-electron chi connectivity index (χ2n) is 5.82. The van der Waals surface area contributed by atoms with E-state index in [0.29, 0.717) is 18.0 Å². The van der Waals surface area contributed by atoms with E-state index in [-0.39, 0.29) is 23.6 Å². The Morgan fingerprint density at radius 2 is 1.87 bits per heavy atom. The van der Waals surface area contributed by atoms with Crippen LogP contribution in [0.15, 0.2) is 39.8 Å². The number of sulfonamides is 1. The van der Waals surface area contributed by atoms with Crippen molar-refractivity contribution in [3.05, 3.63) is 47.3 Å². The van der Waals surface area contributed by atoms with E-state index in [0.717, 1.165) is 5.56 Å². The van der Waals surface area contributed by atoms with E-state index >= 15 is 0 Å². The fourth-order valence-electron chi connectivity index (χ4n) is 2.93. The average Bonchev–Trinajstić information content (AvgIpc) is 2.87. The number of hydrogen-bond donors (Lipinski definition) is 0. The van der Waals surface area contributed by atoms with Crippen LogP contribution >= 0.6 is 0 Å². The predicted octanol–water partition coefficient (Wildman–Crippen LogP) is 2.44. The lowest BCUT2D eigenvalue weighted by Crippen LogP contribution is -2.46. The number of hydrogen-bond acceptors (Lipinski definition) is 5. The van der Waals surface area contributed by atoms with Crippen LogP contribution in [0, 0.1) is 13.8 Å². The SMILES string of the molecule is Cc1noc(C)c1S(=O)(=O)N1C[C@@H](C)O[C@H](c2ccccc2)C1. The zero-order valence-corrected chi connectivity index (χ0v) is 14.2. The van der Waals surface area contributed by atoms with Gasteiger partial charge in [-0.3, -0.25) is 0 Å². The Balaban J connectivity index is 1.93. The van der Waals surface area contributed by atoms with E-state index < -0.39 is 10.0 Å². The highest BCUT2D eigenvalue weighted by Gasteiger charge is 2.37. The molecule has 1 aliphatic rings. The molecule has 2 aromatic rings. The topological polar surface area (TPSA) is 72.6 Å². The van der Waals surface area contributed by atoms with Crippen molar-refractivity contribution in [2.75, 3.05) is 13.1 Å². The molecule has 0 spiro atoms. The maximum absolute atomic E-state index is 13.0. The fourth-order valence-corrected chi connectivity index (χ4v) is 4.74. The molecule has 0 unspecified atom stereocenters. The van der Waals surface area contributed by atoms with Gasteiger partial charge in [0, 0.05) is 13.1 Å². The van der Waals surface area contributed by atoms with E-state index in [4.69, 9.17) is 9.26 Å². The van der Waals surface area contributed by atoms with Crippen LogP contribution in [0.2, 0.25) is 0 Å². The molecule has 6 nitrogen and oxygen atoms in total. The Morgan fingerprint density at radius 3 is 2.48 bits per heavy atom. The third-order valence-corrected chi connectivity index (χ3v) is 6.04. The van der Waals surface area contributed by atoms with Gasteiger partial charge < -0.3 is 9.26 Å². The molecule has 1 fully saturated rings. The van der Waals surface area contributed by atoms with E-state index in [1.165, 1.54) is 4.31 Å². The van der Waals surface area contributed by atoms with Gasteiger partial charge >= 0.3 is 0 Å². The van der Waals surface area contributed by atoms with E-state index in [1.807, 2.05) is 37.3 Å². The smallest absolute Gasteiger partial charge is 0.248 e. The van der Waals surface area contributed by atoms with Gasteiger partial charge in [-0.25, -0.2) is 8.42 Å². The molecule has 7 heteroatoms. The number of morpholine rings is 1. The molecule has 0 bridgehead atoms. The molecule has 23 heavy (non-hydrogen) atoms. The van der Waals surface area contributed by atoms with Crippen molar-refractivity contribution in [3.8, 4) is 0 Å². The molecule has 1 aromatic heterocycles. The minimum atomic E-state index is -3.66. The Hall–Kier alpha value is -1.70. The van der Waals surface area contributed by atoms with Gasteiger partial charge in [0.2, 0.25) is 10.0 Å². The first kappa shape index (κ1) is 16.2. The maximum Gasteiger partial charge on any atom is 0.248 e. The third-order valence-electron chi connectivity index (χ3n) is 3.96. The molecule has 124 valence electrons. The molecule has 0 radical (unpaired) electrons. The summed E-state index contributed by atoms with van der Waals surface area (Å²) in [6, 6.07) is 9.66. The van der Waals surface area contributed by atoms with Crippen LogP contribution in [0.3, 0.4) is 0 Å². The van der Waals surface area contributed by atoms with E-state index in [2.05, 4.69) is 5.16 Å². The average molecular weight is 336 g/mol.